The van der Waals surface area contributed by atoms with Crippen LogP contribution >= 0.6 is 0 Å². The number of hydrogen-bond donors (Lipinski definition) is 3. The highest BCUT2D eigenvalue weighted by Crippen LogP contribution is 2.29. The molecule has 1 amide bonds. The second-order valence-electron chi connectivity index (χ2n) is 13.4. The Labute approximate surface area is 292 Å². The summed E-state index contributed by atoms with van der Waals surface area (Å²) >= 11 is 0. The molecule has 0 unspecified atom stereocenters. The molecule has 0 aliphatic rings. The van der Waals surface area contributed by atoms with Gasteiger partial charge in [0.1, 0.15) is 29.8 Å². The molecular weight excluding hydrogens is 629 g/mol. The highest BCUT2D eigenvalue weighted by Gasteiger charge is 2.49. The number of aliphatic hydroxyl groups is 1. The van der Waals surface area contributed by atoms with Gasteiger partial charge in [0.25, 0.3) is 0 Å². The lowest BCUT2D eigenvalue weighted by Crippen LogP contribution is -2.56. The number of unbranched alkanes of at least 4 members (excludes halogenated alkanes) is 8. The third kappa shape index (κ3) is 18.0. The van der Waals surface area contributed by atoms with Gasteiger partial charge >= 0.3 is 11.9 Å². The number of Topliss-reactive ketones (excluding diaryl/α,β-unsaturated/α-hetero) is 1. The molecule has 3 N–H and O–H groups in total. The number of allylic oxidation sites excluding steroid dienone is 1. The van der Waals surface area contributed by atoms with Crippen molar-refractivity contribution in [3.05, 3.63) is 42.0 Å². The average Bonchev–Trinajstić information content (AvgIpc) is 3.03. The summed E-state index contributed by atoms with van der Waals surface area (Å²) in [5.41, 5.74) is -3.03. The smallest absolute Gasteiger partial charge is 0.339 e. The maximum atomic E-state index is 13.8. The number of ether oxygens (including phenoxy) is 2. The van der Waals surface area contributed by atoms with Gasteiger partial charge in [-0.05, 0) is 71.1 Å². The first-order valence-corrected chi connectivity index (χ1v) is 17.6. The predicted octanol–water partition coefficient (Wildman–Crippen LogP) is 7.08. The van der Waals surface area contributed by atoms with E-state index in [1.807, 2.05) is 0 Å². The molecule has 0 saturated heterocycles. The lowest BCUT2D eigenvalue weighted by molar-refractivity contribution is -0.184. The number of carboxylic acids is 1. The molecule has 9 nitrogen and oxygen atoms in total. The fraction of sp³-hybridized carbons (Fsp3) is 0.641. The highest BCUT2D eigenvalue weighted by molar-refractivity contribution is 5.93. The summed E-state index contributed by atoms with van der Waals surface area (Å²) < 4.78 is 24.7. The fourth-order valence-corrected chi connectivity index (χ4v) is 5.19. The molecule has 274 valence electrons. The van der Waals surface area contributed by atoms with Gasteiger partial charge in [-0.1, -0.05) is 75.7 Å². The molecule has 0 bridgehead atoms. The maximum absolute atomic E-state index is 13.8. The topological polar surface area (TPSA) is 139 Å². The molecule has 0 spiro atoms. The molecule has 0 aromatic heterocycles. The fourth-order valence-electron chi connectivity index (χ4n) is 5.19. The van der Waals surface area contributed by atoms with Crippen LogP contribution < -0.4 is 10.1 Å². The van der Waals surface area contributed by atoms with Gasteiger partial charge in [-0.3, -0.25) is 14.0 Å². The molecule has 0 saturated carbocycles. The Morgan fingerprint density at radius 3 is 2.12 bits per heavy atom. The molecule has 0 aliphatic heterocycles. The molecule has 0 heterocycles. The Hall–Kier alpha value is -3.71. The van der Waals surface area contributed by atoms with Crippen LogP contribution in [0, 0.1) is 17.8 Å². The van der Waals surface area contributed by atoms with E-state index >= 15 is 0 Å². The van der Waals surface area contributed by atoms with E-state index in [1.165, 1.54) is 25.3 Å². The van der Waals surface area contributed by atoms with Crippen LogP contribution in [0.4, 0.5) is 4.39 Å². The number of carboxylic acid groups (broad SMARTS) is 1. The molecule has 1 aromatic carbocycles. The minimum absolute atomic E-state index is 0.0953. The van der Waals surface area contributed by atoms with Crippen molar-refractivity contribution < 1.29 is 43.3 Å². The Bertz CT molecular complexity index is 1240. The quantitative estimate of drug-likeness (QED) is 0.0429. The number of amides is 1. The lowest BCUT2D eigenvalue weighted by Gasteiger charge is -2.34. The zero-order valence-electron chi connectivity index (χ0n) is 30.2. The first-order valence-electron chi connectivity index (χ1n) is 17.6. The number of rotatable bonds is 25. The SMILES string of the molecule is CC#CCOc1ccc(C[C@H](NC(=O)[C@@H](/C=C/CCCCCCC(=O)CCCCCCC)[C@@](O)(CCF)C(=O)OC(C)(C)C)C(=O)O)cc1. The number of carbonyl (C=O) groups excluding carboxylic acids is 3. The summed E-state index contributed by atoms with van der Waals surface area (Å²) in [6.45, 7) is 7.70. The molecule has 1 aromatic rings. The first-order chi connectivity index (χ1) is 23.3. The standard InChI is InChI=1S/C39H58FNO8/c1-6-8-10-13-16-19-31(42)20-17-14-11-12-15-18-21-33(39(47,26-27-40)37(46)49-38(3,4)5)35(43)41-34(36(44)45)29-30-22-24-32(25-23-30)48-28-9-7-2/h18,21-25,33-34,47H,6,8,10-17,19-20,26-29H2,1-5H3,(H,41,43)(H,44,45)/b21-18+/t33-,34+,39+/m1/s1. The van der Waals surface area contributed by atoms with Gasteiger partial charge in [0.2, 0.25) is 5.91 Å². The van der Waals surface area contributed by atoms with E-state index < -0.39 is 54.1 Å². The Kier molecular flexibility index (Phi) is 20.9. The van der Waals surface area contributed by atoms with Crippen LogP contribution in [0.25, 0.3) is 0 Å². The number of carbonyl (C=O) groups is 4. The van der Waals surface area contributed by atoms with Crippen molar-refractivity contribution in [3.63, 3.8) is 0 Å². The maximum Gasteiger partial charge on any atom is 0.339 e. The zero-order valence-corrected chi connectivity index (χ0v) is 30.2. The van der Waals surface area contributed by atoms with E-state index in [1.54, 1.807) is 58.0 Å². The van der Waals surface area contributed by atoms with Crippen molar-refractivity contribution in [1.82, 2.24) is 5.32 Å². The normalized spacial score (nSPS) is 13.9. The van der Waals surface area contributed by atoms with Crippen LogP contribution in [0.5, 0.6) is 5.75 Å². The summed E-state index contributed by atoms with van der Waals surface area (Å²) in [5, 5.41) is 23.9. The number of ketones is 1. The largest absolute Gasteiger partial charge is 0.481 e. The van der Waals surface area contributed by atoms with Crippen LogP contribution in [-0.2, 0) is 30.3 Å². The third-order valence-electron chi connectivity index (χ3n) is 7.95. The second-order valence-corrected chi connectivity index (χ2v) is 13.4. The molecule has 0 radical (unpaired) electrons. The van der Waals surface area contributed by atoms with Crippen molar-refractivity contribution in [2.24, 2.45) is 5.92 Å². The number of benzene rings is 1. The summed E-state index contributed by atoms with van der Waals surface area (Å²) in [5.74, 6) is 1.29. The van der Waals surface area contributed by atoms with E-state index in [0.29, 0.717) is 36.4 Å². The van der Waals surface area contributed by atoms with Gasteiger partial charge in [-0.15, -0.1) is 5.92 Å². The number of aliphatic carboxylic acids is 1. The predicted molar refractivity (Wildman–Crippen MR) is 189 cm³/mol. The Balaban J connectivity index is 2.97. The van der Waals surface area contributed by atoms with E-state index in [-0.39, 0.29) is 13.0 Å². The van der Waals surface area contributed by atoms with Crippen molar-refractivity contribution in [3.8, 4) is 17.6 Å². The molecule has 0 aliphatic carbocycles. The van der Waals surface area contributed by atoms with Crippen LogP contribution in [0.15, 0.2) is 36.4 Å². The number of halogens is 1. The van der Waals surface area contributed by atoms with Gasteiger partial charge < -0.3 is 25.0 Å². The number of hydrogen-bond acceptors (Lipinski definition) is 7. The minimum atomic E-state index is -2.58. The molecular formula is C39H58FNO8. The van der Waals surface area contributed by atoms with Crippen molar-refractivity contribution in [2.45, 2.75) is 142 Å². The molecule has 1 rings (SSSR count). The Morgan fingerprint density at radius 2 is 1.57 bits per heavy atom. The van der Waals surface area contributed by atoms with E-state index in [0.717, 1.165) is 38.5 Å². The summed E-state index contributed by atoms with van der Waals surface area (Å²) in [6.07, 6.45) is 12.7. The van der Waals surface area contributed by atoms with Gasteiger partial charge in [-0.25, -0.2) is 9.59 Å². The van der Waals surface area contributed by atoms with Crippen LogP contribution in [0.1, 0.15) is 124 Å². The first kappa shape index (κ1) is 43.3. The van der Waals surface area contributed by atoms with E-state index in [2.05, 4.69) is 24.1 Å². The van der Waals surface area contributed by atoms with Gasteiger partial charge in [0.05, 0.1) is 12.6 Å². The highest BCUT2D eigenvalue weighted by atomic mass is 19.1. The number of esters is 1. The summed E-state index contributed by atoms with van der Waals surface area (Å²) in [4.78, 5) is 51.2. The summed E-state index contributed by atoms with van der Waals surface area (Å²) in [7, 11) is 0. The zero-order chi connectivity index (χ0) is 36.7. The molecule has 49 heavy (non-hydrogen) atoms. The van der Waals surface area contributed by atoms with Crippen LogP contribution in [-0.4, -0.2) is 64.4 Å². The average molecular weight is 688 g/mol. The minimum Gasteiger partial charge on any atom is -0.481 e. The second kappa shape index (κ2) is 23.6. The van der Waals surface area contributed by atoms with Gasteiger partial charge in [0, 0.05) is 25.7 Å². The molecule has 10 heteroatoms. The number of alkyl halides is 1. The molecule has 0 fully saturated rings. The number of nitrogens with one attached hydrogen (secondary N) is 1. The van der Waals surface area contributed by atoms with Crippen molar-refractivity contribution in [2.75, 3.05) is 13.3 Å². The van der Waals surface area contributed by atoms with Crippen molar-refractivity contribution in [1.29, 1.82) is 0 Å². The monoisotopic (exact) mass is 687 g/mol. The lowest BCUT2D eigenvalue weighted by atomic mass is 9.82. The van der Waals surface area contributed by atoms with Gasteiger partial charge in [0.15, 0.2) is 5.60 Å². The third-order valence-corrected chi connectivity index (χ3v) is 7.95. The van der Waals surface area contributed by atoms with Crippen LogP contribution in [0.3, 0.4) is 0 Å². The summed E-state index contributed by atoms with van der Waals surface area (Å²) in [6, 6.07) is 5.25. The van der Waals surface area contributed by atoms with Crippen LogP contribution in [0.2, 0.25) is 0 Å². The molecule has 3 atom stereocenters. The van der Waals surface area contributed by atoms with E-state index in [4.69, 9.17) is 9.47 Å². The van der Waals surface area contributed by atoms with Crippen molar-refractivity contribution >= 4 is 23.6 Å². The van der Waals surface area contributed by atoms with Gasteiger partial charge in [-0.2, -0.15) is 0 Å². The Morgan fingerprint density at radius 1 is 0.959 bits per heavy atom. The van der Waals surface area contributed by atoms with E-state index in [9.17, 15) is 33.8 Å².